The van der Waals surface area contributed by atoms with Gasteiger partial charge in [0.2, 0.25) is 0 Å². The van der Waals surface area contributed by atoms with E-state index in [2.05, 4.69) is 0 Å². The zero-order chi connectivity index (χ0) is 16.7. The Kier molecular flexibility index (Phi) is 6.14. The molecule has 0 radical (unpaired) electrons. The minimum atomic E-state index is -0.578. The van der Waals surface area contributed by atoms with Crippen molar-refractivity contribution < 1.29 is 23.7 Å². The lowest BCUT2D eigenvalue weighted by molar-refractivity contribution is -0.106. The molecule has 0 spiro atoms. The quantitative estimate of drug-likeness (QED) is 0.552. The highest BCUT2D eigenvalue weighted by molar-refractivity contribution is 5.81. The van der Waals surface area contributed by atoms with Crippen molar-refractivity contribution in [3.8, 4) is 11.5 Å². The van der Waals surface area contributed by atoms with Crippen molar-refractivity contribution >= 4 is 6.29 Å². The fourth-order valence-corrected chi connectivity index (χ4v) is 2.27. The molecule has 0 bridgehead atoms. The van der Waals surface area contributed by atoms with Crippen molar-refractivity contribution in [3.63, 3.8) is 0 Å². The molecule has 0 aliphatic heterocycles. The van der Waals surface area contributed by atoms with Gasteiger partial charge in [0.1, 0.15) is 6.61 Å². The van der Waals surface area contributed by atoms with Crippen LogP contribution in [-0.4, -0.2) is 27.6 Å². The molecular weight excluding hydrogens is 296 g/mol. The largest absolute Gasteiger partial charge is 0.493 e. The Hall–Kier alpha value is -2.37. The molecule has 23 heavy (non-hydrogen) atoms. The van der Waals surface area contributed by atoms with E-state index in [9.17, 15) is 4.79 Å². The summed E-state index contributed by atoms with van der Waals surface area (Å²) in [5, 5.41) is 0. The first kappa shape index (κ1) is 17.0. The highest BCUT2D eigenvalue weighted by Crippen LogP contribution is 2.35. The molecule has 0 amide bonds. The van der Waals surface area contributed by atoms with Gasteiger partial charge in [0, 0.05) is 19.8 Å². The summed E-state index contributed by atoms with van der Waals surface area (Å²) in [4.78, 5) is 11.4. The van der Waals surface area contributed by atoms with Crippen LogP contribution < -0.4 is 9.47 Å². The molecule has 2 aromatic carbocycles. The zero-order valence-corrected chi connectivity index (χ0v) is 13.4. The van der Waals surface area contributed by atoms with Crippen LogP contribution in [0.3, 0.4) is 0 Å². The van der Waals surface area contributed by atoms with Crippen LogP contribution in [0.4, 0.5) is 0 Å². The number of carbonyl (C=O) groups is 1. The maximum absolute atomic E-state index is 11.4. The Morgan fingerprint density at radius 1 is 1.04 bits per heavy atom. The third kappa shape index (κ3) is 4.09. The lowest BCUT2D eigenvalue weighted by Gasteiger charge is -2.18. The van der Waals surface area contributed by atoms with Gasteiger partial charge in [-0.2, -0.15) is 0 Å². The van der Waals surface area contributed by atoms with Gasteiger partial charge < -0.3 is 18.9 Å². The predicted octanol–water partition coefficient (Wildman–Crippen LogP) is 3.38. The molecule has 0 aliphatic rings. The molecule has 0 heterocycles. The van der Waals surface area contributed by atoms with Gasteiger partial charge in [-0.3, -0.25) is 4.79 Å². The van der Waals surface area contributed by atoms with Crippen LogP contribution >= 0.6 is 0 Å². The van der Waals surface area contributed by atoms with Crippen LogP contribution in [0.2, 0.25) is 0 Å². The van der Waals surface area contributed by atoms with E-state index in [4.69, 9.17) is 18.9 Å². The lowest BCUT2D eigenvalue weighted by Crippen LogP contribution is -2.07. The minimum Gasteiger partial charge on any atom is -0.493 e. The van der Waals surface area contributed by atoms with E-state index in [-0.39, 0.29) is 0 Å². The average molecular weight is 316 g/mol. The zero-order valence-electron chi connectivity index (χ0n) is 13.4. The van der Waals surface area contributed by atoms with Crippen molar-refractivity contribution in [2.24, 2.45) is 0 Å². The van der Waals surface area contributed by atoms with Crippen LogP contribution in [0.1, 0.15) is 27.8 Å². The van der Waals surface area contributed by atoms with Gasteiger partial charge in [-0.15, -0.1) is 0 Å². The number of aldehydes is 1. The fraction of sp³-hybridized carbons (Fsp3) is 0.278. The average Bonchev–Trinajstić information content (AvgIpc) is 2.61. The van der Waals surface area contributed by atoms with Crippen molar-refractivity contribution in [3.05, 3.63) is 59.2 Å². The van der Waals surface area contributed by atoms with Crippen molar-refractivity contribution in [1.82, 2.24) is 0 Å². The molecule has 0 N–H and O–H groups in total. The molecule has 0 saturated carbocycles. The Bertz CT molecular complexity index is 635. The summed E-state index contributed by atoms with van der Waals surface area (Å²) in [5.74, 6) is 0.862. The van der Waals surface area contributed by atoms with Gasteiger partial charge in [0.05, 0.1) is 12.7 Å². The molecule has 5 nitrogen and oxygen atoms in total. The molecular formula is C18H20O5. The van der Waals surface area contributed by atoms with Gasteiger partial charge in [0.25, 0.3) is 0 Å². The number of hydrogen-bond donors (Lipinski definition) is 0. The molecule has 0 unspecified atom stereocenters. The monoisotopic (exact) mass is 316 g/mol. The minimum absolute atomic E-state index is 0.343. The number of carbonyl (C=O) groups excluding carboxylic acids is 1. The molecule has 0 saturated heterocycles. The standard InChI is InChI=1S/C18H20O5/c1-20-16-10-14(18(21-2)22-3)9-15(11-19)17(16)23-12-13-7-5-4-6-8-13/h4-11,18H,12H2,1-3H3. The third-order valence-electron chi connectivity index (χ3n) is 3.38. The molecule has 0 fully saturated rings. The van der Waals surface area contributed by atoms with Gasteiger partial charge >= 0.3 is 0 Å². The van der Waals surface area contributed by atoms with E-state index < -0.39 is 6.29 Å². The summed E-state index contributed by atoms with van der Waals surface area (Å²) in [6, 6.07) is 13.1. The van der Waals surface area contributed by atoms with Crippen LogP contribution in [-0.2, 0) is 16.1 Å². The van der Waals surface area contributed by atoms with Crippen molar-refractivity contribution in [1.29, 1.82) is 0 Å². The first-order valence-corrected chi connectivity index (χ1v) is 7.13. The van der Waals surface area contributed by atoms with E-state index in [0.717, 1.165) is 11.8 Å². The van der Waals surface area contributed by atoms with E-state index in [0.29, 0.717) is 29.2 Å². The SMILES string of the molecule is COc1cc(C(OC)OC)cc(C=O)c1OCc1ccccc1. The normalized spacial score (nSPS) is 10.6. The van der Waals surface area contributed by atoms with Crippen molar-refractivity contribution in [2.75, 3.05) is 21.3 Å². The first-order chi connectivity index (χ1) is 11.2. The molecule has 0 atom stereocenters. The van der Waals surface area contributed by atoms with Gasteiger partial charge in [-0.25, -0.2) is 0 Å². The molecule has 5 heteroatoms. The number of hydrogen-bond acceptors (Lipinski definition) is 5. The van der Waals surface area contributed by atoms with Crippen LogP contribution in [0.15, 0.2) is 42.5 Å². The summed E-state index contributed by atoms with van der Waals surface area (Å²) in [7, 11) is 4.58. The highest BCUT2D eigenvalue weighted by atomic mass is 16.7. The Labute approximate surface area is 135 Å². The van der Waals surface area contributed by atoms with E-state index in [1.54, 1.807) is 12.1 Å². The number of benzene rings is 2. The second-order valence-electron chi connectivity index (χ2n) is 4.84. The number of rotatable bonds is 8. The fourth-order valence-electron chi connectivity index (χ4n) is 2.27. The van der Waals surface area contributed by atoms with E-state index in [1.807, 2.05) is 30.3 Å². The lowest BCUT2D eigenvalue weighted by atomic mass is 10.1. The van der Waals surface area contributed by atoms with Crippen molar-refractivity contribution in [2.45, 2.75) is 12.9 Å². The Balaban J connectivity index is 2.32. The molecule has 0 aliphatic carbocycles. The van der Waals surface area contributed by atoms with Crippen LogP contribution in [0.25, 0.3) is 0 Å². The molecule has 0 aromatic heterocycles. The van der Waals surface area contributed by atoms with Gasteiger partial charge in [-0.05, 0) is 17.7 Å². The second-order valence-corrected chi connectivity index (χ2v) is 4.84. The summed E-state index contributed by atoms with van der Waals surface area (Å²) >= 11 is 0. The van der Waals surface area contributed by atoms with Crippen LogP contribution in [0, 0.1) is 0 Å². The summed E-state index contributed by atoms with van der Waals surface area (Å²) in [5.41, 5.74) is 2.07. The van der Waals surface area contributed by atoms with E-state index in [1.165, 1.54) is 21.3 Å². The number of ether oxygens (including phenoxy) is 4. The highest BCUT2D eigenvalue weighted by Gasteiger charge is 2.18. The smallest absolute Gasteiger partial charge is 0.183 e. The summed E-state index contributed by atoms with van der Waals surface area (Å²) in [6.45, 7) is 0.343. The van der Waals surface area contributed by atoms with Gasteiger partial charge in [0.15, 0.2) is 24.1 Å². The maximum Gasteiger partial charge on any atom is 0.183 e. The predicted molar refractivity (Wildman–Crippen MR) is 85.9 cm³/mol. The molecule has 2 rings (SSSR count). The first-order valence-electron chi connectivity index (χ1n) is 7.13. The van der Waals surface area contributed by atoms with E-state index >= 15 is 0 Å². The Morgan fingerprint density at radius 3 is 2.30 bits per heavy atom. The van der Waals surface area contributed by atoms with Gasteiger partial charge in [-0.1, -0.05) is 30.3 Å². The summed E-state index contributed by atoms with van der Waals surface area (Å²) < 4.78 is 21.6. The third-order valence-corrected chi connectivity index (χ3v) is 3.38. The maximum atomic E-state index is 11.4. The summed E-state index contributed by atoms with van der Waals surface area (Å²) in [6.07, 6.45) is 0.153. The van der Waals surface area contributed by atoms with Crippen LogP contribution in [0.5, 0.6) is 11.5 Å². The second kappa shape index (κ2) is 8.31. The Morgan fingerprint density at radius 2 is 1.74 bits per heavy atom. The number of methoxy groups -OCH3 is 3. The molecule has 2 aromatic rings. The topological polar surface area (TPSA) is 54.0 Å². The molecule has 122 valence electrons.